The maximum absolute atomic E-state index is 12.1. The zero-order valence-corrected chi connectivity index (χ0v) is 12.0. The van der Waals surface area contributed by atoms with Crippen LogP contribution in [0.25, 0.3) is 0 Å². The summed E-state index contributed by atoms with van der Waals surface area (Å²) in [5.74, 6) is -1.15. The van der Waals surface area contributed by atoms with Crippen molar-refractivity contribution in [3.8, 4) is 0 Å². The summed E-state index contributed by atoms with van der Waals surface area (Å²) >= 11 is 0. The standard InChI is InChI=1S/C10H18F3N3O4S/c11-10(12,13)7-15-21(19,20)16-3-1-2-8(6-16)4-14-5-9(17)18/h8,14-15H,1-7H2,(H,17,18). The van der Waals surface area contributed by atoms with E-state index < -0.39 is 28.9 Å². The van der Waals surface area contributed by atoms with Crippen LogP contribution >= 0.6 is 0 Å². The Hall–Kier alpha value is -0.910. The van der Waals surface area contributed by atoms with Gasteiger partial charge < -0.3 is 10.4 Å². The van der Waals surface area contributed by atoms with Gasteiger partial charge in [0, 0.05) is 13.1 Å². The van der Waals surface area contributed by atoms with Gasteiger partial charge in [0.15, 0.2) is 0 Å². The number of carbonyl (C=O) groups is 1. The molecule has 21 heavy (non-hydrogen) atoms. The van der Waals surface area contributed by atoms with E-state index in [-0.39, 0.29) is 25.6 Å². The SMILES string of the molecule is O=C(O)CNCC1CCCN(S(=O)(=O)NCC(F)(F)F)C1. The molecule has 11 heteroatoms. The van der Waals surface area contributed by atoms with Crippen molar-refractivity contribution in [2.75, 3.05) is 32.7 Å². The van der Waals surface area contributed by atoms with Gasteiger partial charge in [-0.2, -0.15) is 30.6 Å². The highest BCUT2D eigenvalue weighted by Gasteiger charge is 2.33. The summed E-state index contributed by atoms with van der Waals surface area (Å²) in [5, 5.41) is 11.1. The van der Waals surface area contributed by atoms with E-state index in [1.807, 2.05) is 0 Å². The first-order chi connectivity index (χ1) is 9.60. The first-order valence-electron chi connectivity index (χ1n) is 6.34. The Kier molecular flexibility index (Phi) is 6.38. The van der Waals surface area contributed by atoms with Gasteiger partial charge in [-0.1, -0.05) is 0 Å². The van der Waals surface area contributed by atoms with E-state index in [0.29, 0.717) is 19.4 Å². The number of hydrogen-bond acceptors (Lipinski definition) is 4. The second-order valence-corrected chi connectivity index (χ2v) is 6.59. The minimum atomic E-state index is -4.61. The number of carboxylic acids is 1. The van der Waals surface area contributed by atoms with E-state index in [0.717, 1.165) is 4.31 Å². The van der Waals surface area contributed by atoms with Crippen LogP contribution < -0.4 is 10.0 Å². The molecule has 0 aromatic heterocycles. The molecule has 0 aliphatic carbocycles. The van der Waals surface area contributed by atoms with Crippen molar-refractivity contribution >= 4 is 16.2 Å². The van der Waals surface area contributed by atoms with Gasteiger partial charge in [0.05, 0.1) is 6.54 Å². The summed E-state index contributed by atoms with van der Waals surface area (Å²) < 4.78 is 62.2. The van der Waals surface area contributed by atoms with Gasteiger partial charge in [-0.15, -0.1) is 0 Å². The molecule has 1 heterocycles. The highest BCUT2D eigenvalue weighted by molar-refractivity contribution is 7.87. The molecule has 1 rings (SSSR count). The van der Waals surface area contributed by atoms with Crippen molar-refractivity contribution in [1.82, 2.24) is 14.3 Å². The summed E-state index contributed by atoms with van der Waals surface area (Å²) in [7, 11) is -4.17. The molecule has 124 valence electrons. The number of carboxylic acid groups (broad SMARTS) is 1. The predicted molar refractivity (Wildman–Crippen MR) is 67.8 cm³/mol. The van der Waals surface area contributed by atoms with Gasteiger partial charge in [0.25, 0.3) is 10.2 Å². The quantitative estimate of drug-likeness (QED) is 0.598. The number of alkyl halides is 3. The van der Waals surface area contributed by atoms with Crippen molar-refractivity contribution in [2.45, 2.75) is 19.0 Å². The molecular weight excluding hydrogens is 315 g/mol. The second-order valence-electron chi connectivity index (χ2n) is 4.83. The molecule has 0 radical (unpaired) electrons. The van der Waals surface area contributed by atoms with Crippen LogP contribution in [0.4, 0.5) is 13.2 Å². The number of hydrogen-bond donors (Lipinski definition) is 3. The van der Waals surface area contributed by atoms with Gasteiger partial charge >= 0.3 is 12.1 Å². The molecule has 0 saturated carbocycles. The minimum Gasteiger partial charge on any atom is -0.480 e. The van der Waals surface area contributed by atoms with E-state index in [1.54, 1.807) is 0 Å². The Morgan fingerprint density at radius 2 is 2.05 bits per heavy atom. The summed E-state index contributed by atoms with van der Waals surface area (Å²) in [6, 6.07) is 0. The van der Waals surface area contributed by atoms with Crippen molar-refractivity contribution < 1.29 is 31.5 Å². The van der Waals surface area contributed by atoms with E-state index in [4.69, 9.17) is 5.11 Å². The minimum absolute atomic E-state index is 0.0693. The lowest BCUT2D eigenvalue weighted by atomic mass is 10.00. The van der Waals surface area contributed by atoms with Gasteiger partial charge in [-0.3, -0.25) is 4.79 Å². The molecule has 1 aliphatic rings. The third kappa shape index (κ3) is 7.07. The molecule has 3 N–H and O–H groups in total. The van der Waals surface area contributed by atoms with E-state index in [9.17, 15) is 26.4 Å². The van der Waals surface area contributed by atoms with Crippen LogP contribution in [0, 0.1) is 5.92 Å². The number of nitrogens with one attached hydrogen (secondary N) is 2. The molecule has 0 bridgehead atoms. The van der Waals surface area contributed by atoms with Crippen molar-refractivity contribution in [2.24, 2.45) is 5.92 Å². The fourth-order valence-electron chi connectivity index (χ4n) is 2.06. The zero-order chi connectivity index (χ0) is 16.1. The molecule has 1 saturated heterocycles. The van der Waals surface area contributed by atoms with Crippen molar-refractivity contribution in [3.63, 3.8) is 0 Å². The monoisotopic (exact) mass is 333 g/mol. The smallest absolute Gasteiger partial charge is 0.402 e. The average Bonchev–Trinajstić information content (AvgIpc) is 2.36. The molecule has 0 spiro atoms. The maximum atomic E-state index is 12.1. The van der Waals surface area contributed by atoms with Crippen molar-refractivity contribution in [1.29, 1.82) is 0 Å². The summed E-state index contributed by atoms with van der Waals surface area (Å²) in [4.78, 5) is 10.4. The summed E-state index contributed by atoms with van der Waals surface area (Å²) in [6.07, 6.45) is -3.39. The number of halogens is 3. The van der Waals surface area contributed by atoms with Gasteiger partial charge in [-0.05, 0) is 25.3 Å². The zero-order valence-electron chi connectivity index (χ0n) is 11.2. The normalized spacial score (nSPS) is 21.4. The Labute approximate surface area is 120 Å². The average molecular weight is 333 g/mol. The van der Waals surface area contributed by atoms with Crippen LogP contribution in [-0.4, -0.2) is 62.7 Å². The maximum Gasteiger partial charge on any atom is 0.402 e. The number of aliphatic carboxylic acids is 1. The van der Waals surface area contributed by atoms with Gasteiger partial charge in [0.2, 0.25) is 0 Å². The summed E-state index contributed by atoms with van der Waals surface area (Å²) in [5.41, 5.74) is 0. The lowest BCUT2D eigenvalue weighted by molar-refractivity contribution is -0.136. The van der Waals surface area contributed by atoms with E-state index in [1.165, 1.54) is 4.72 Å². The Bertz CT molecular complexity index is 455. The van der Waals surface area contributed by atoms with Crippen LogP contribution in [0.1, 0.15) is 12.8 Å². The largest absolute Gasteiger partial charge is 0.480 e. The topological polar surface area (TPSA) is 98.7 Å². The third-order valence-electron chi connectivity index (χ3n) is 2.99. The van der Waals surface area contributed by atoms with E-state index >= 15 is 0 Å². The van der Waals surface area contributed by atoms with Crippen LogP contribution in [0.2, 0.25) is 0 Å². The highest BCUT2D eigenvalue weighted by atomic mass is 32.2. The fourth-order valence-corrected chi connectivity index (χ4v) is 3.36. The second kappa shape index (κ2) is 7.38. The molecule has 0 aromatic rings. The molecule has 0 aromatic carbocycles. The van der Waals surface area contributed by atoms with Crippen LogP contribution in [0.15, 0.2) is 0 Å². The molecule has 1 aliphatic heterocycles. The molecule has 7 nitrogen and oxygen atoms in total. The Balaban J connectivity index is 2.48. The predicted octanol–water partition coefficient (Wildman–Crippen LogP) is -0.231. The Morgan fingerprint density at radius 1 is 1.38 bits per heavy atom. The van der Waals surface area contributed by atoms with Crippen LogP contribution in [0.3, 0.4) is 0 Å². The lowest BCUT2D eigenvalue weighted by Crippen LogP contribution is -2.49. The number of rotatable bonds is 7. The molecule has 1 fully saturated rings. The molecule has 1 atom stereocenters. The molecule has 0 amide bonds. The van der Waals surface area contributed by atoms with Crippen molar-refractivity contribution in [3.05, 3.63) is 0 Å². The molecule has 1 unspecified atom stereocenters. The summed E-state index contributed by atoms with van der Waals surface area (Å²) in [6.45, 7) is -1.32. The lowest BCUT2D eigenvalue weighted by Gasteiger charge is -2.32. The highest BCUT2D eigenvalue weighted by Crippen LogP contribution is 2.19. The first kappa shape index (κ1) is 18.1. The number of nitrogens with zero attached hydrogens (tertiary/aromatic N) is 1. The van der Waals surface area contributed by atoms with E-state index in [2.05, 4.69) is 5.32 Å². The Morgan fingerprint density at radius 3 is 2.62 bits per heavy atom. The first-order valence-corrected chi connectivity index (χ1v) is 7.78. The van der Waals surface area contributed by atoms with Gasteiger partial charge in [0.1, 0.15) is 6.54 Å². The van der Waals surface area contributed by atoms with Crippen LogP contribution in [0.5, 0.6) is 0 Å². The fraction of sp³-hybridized carbons (Fsp3) is 0.900. The van der Waals surface area contributed by atoms with Gasteiger partial charge in [-0.25, -0.2) is 0 Å². The third-order valence-corrected chi connectivity index (χ3v) is 4.51. The number of piperidine rings is 1. The van der Waals surface area contributed by atoms with Crippen LogP contribution in [-0.2, 0) is 15.0 Å². The molecular formula is C10H18F3N3O4S.